The fourth-order valence-electron chi connectivity index (χ4n) is 2.41. The molecule has 0 saturated carbocycles. The van der Waals surface area contributed by atoms with E-state index in [1.54, 1.807) is 24.3 Å². The lowest BCUT2D eigenvalue weighted by atomic mass is 10.1. The second kappa shape index (κ2) is 8.50. The van der Waals surface area contributed by atoms with Crippen LogP contribution in [0.25, 0.3) is 0 Å². The second-order valence-electron chi connectivity index (χ2n) is 5.47. The van der Waals surface area contributed by atoms with Crippen LogP contribution in [0, 0.1) is 5.82 Å². The van der Waals surface area contributed by atoms with Crippen molar-refractivity contribution < 1.29 is 14.2 Å². The van der Waals surface area contributed by atoms with Gasteiger partial charge in [0.1, 0.15) is 0 Å². The standard InChI is InChI=1S/C18H23FN2O2/c1-2-3-4-6-13-9-10-17(16(22)11-13)23-18-14(12-21-20)7-5-8-15(18)19/h5,7-11,21-22H,2-4,6,12,20H2,1H3. The summed E-state index contributed by atoms with van der Waals surface area (Å²) >= 11 is 0. The van der Waals surface area contributed by atoms with Gasteiger partial charge < -0.3 is 9.84 Å². The van der Waals surface area contributed by atoms with Gasteiger partial charge in [0.15, 0.2) is 23.1 Å². The summed E-state index contributed by atoms with van der Waals surface area (Å²) in [5.74, 6) is 5.11. The Morgan fingerprint density at radius 1 is 1.22 bits per heavy atom. The first-order chi connectivity index (χ1) is 11.2. The van der Waals surface area contributed by atoms with Crippen molar-refractivity contribution in [3.63, 3.8) is 0 Å². The number of phenols is 1. The van der Waals surface area contributed by atoms with E-state index in [1.165, 1.54) is 6.07 Å². The third kappa shape index (κ3) is 4.68. The van der Waals surface area contributed by atoms with Gasteiger partial charge in [0.25, 0.3) is 0 Å². The second-order valence-corrected chi connectivity index (χ2v) is 5.47. The zero-order chi connectivity index (χ0) is 16.7. The highest BCUT2D eigenvalue weighted by molar-refractivity contribution is 5.46. The molecule has 0 fully saturated rings. The average molecular weight is 318 g/mol. The highest BCUT2D eigenvalue weighted by Crippen LogP contribution is 2.34. The molecule has 0 spiro atoms. The summed E-state index contributed by atoms with van der Waals surface area (Å²) in [5, 5.41) is 10.1. The van der Waals surface area contributed by atoms with E-state index in [0.717, 1.165) is 31.2 Å². The molecule has 0 radical (unpaired) electrons. The van der Waals surface area contributed by atoms with Gasteiger partial charge in [0.2, 0.25) is 0 Å². The molecular formula is C18H23FN2O2. The summed E-state index contributed by atoms with van der Waals surface area (Å²) in [6, 6.07) is 9.85. The van der Waals surface area contributed by atoms with E-state index in [1.807, 2.05) is 6.07 Å². The molecule has 0 amide bonds. The Morgan fingerprint density at radius 3 is 2.74 bits per heavy atom. The van der Waals surface area contributed by atoms with Crippen molar-refractivity contribution in [2.24, 2.45) is 5.84 Å². The fraction of sp³-hybridized carbons (Fsp3) is 0.333. The molecule has 0 atom stereocenters. The predicted molar refractivity (Wildman–Crippen MR) is 88.8 cm³/mol. The number of hydrogen-bond donors (Lipinski definition) is 3. The molecule has 4 nitrogen and oxygen atoms in total. The van der Waals surface area contributed by atoms with Gasteiger partial charge in [-0.3, -0.25) is 11.3 Å². The molecule has 2 aromatic carbocycles. The Balaban J connectivity index is 2.17. The quantitative estimate of drug-likeness (QED) is 0.391. The van der Waals surface area contributed by atoms with Gasteiger partial charge in [-0.25, -0.2) is 4.39 Å². The monoisotopic (exact) mass is 318 g/mol. The Kier molecular flexibility index (Phi) is 6.38. The SMILES string of the molecule is CCCCCc1ccc(Oc2c(F)cccc2CNN)c(O)c1. The van der Waals surface area contributed by atoms with Crippen LogP contribution in [0.15, 0.2) is 36.4 Å². The van der Waals surface area contributed by atoms with E-state index in [9.17, 15) is 9.50 Å². The summed E-state index contributed by atoms with van der Waals surface area (Å²) in [7, 11) is 0. The first-order valence-corrected chi connectivity index (χ1v) is 7.86. The number of hydrazine groups is 1. The summed E-state index contributed by atoms with van der Waals surface area (Å²) in [6.45, 7) is 2.42. The van der Waals surface area contributed by atoms with E-state index >= 15 is 0 Å². The first-order valence-electron chi connectivity index (χ1n) is 7.86. The minimum atomic E-state index is -0.496. The van der Waals surface area contributed by atoms with Gasteiger partial charge in [-0.05, 0) is 36.6 Å². The number of rotatable bonds is 8. The lowest BCUT2D eigenvalue weighted by Crippen LogP contribution is -2.21. The zero-order valence-corrected chi connectivity index (χ0v) is 13.3. The number of aromatic hydroxyl groups is 1. The Bertz CT molecular complexity index is 647. The molecule has 0 aromatic heterocycles. The molecule has 5 heteroatoms. The van der Waals surface area contributed by atoms with Crippen LogP contribution >= 0.6 is 0 Å². The molecule has 23 heavy (non-hydrogen) atoms. The van der Waals surface area contributed by atoms with Crippen LogP contribution in [-0.4, -0.2) is 5.11 Å². The first kappa shape index (κ1) is 17.2. The molecule has 2 aromatic rings. The van der Waals surface area contributed by atoms with E-state index < -0.39 is 5.82 Å². The largest absolute Gasteiger partial charge is 0.504 e. The number of nitrogens with one attached hydrogen (secondary N) is 1. The van der Waals surface area contributed by atoms with Gasteiger partial charge in [0, 0.05) is 12.1 Å². The minimum absolute atomic E-state index is 0.00825. The van der Waals surface area contributed by atoms with Crippen LogP contribution in [0.4, 0.5) is 4.39 Å². The number of benzene rings is 2. The van der Waals surface area contributed by atoms with Crippen molar-refractivity contribution >= 4 is 0 Å². The van der Waals surface area contributed by atoms with Gasteiger partial charge >= 0.3 is 0 Å². The molecule has 4 N–H and O–H groups in total. The van der Waals surface area contributed by atoms with Crippen molar-refractivity contribution in [1.29, 1.82) is 0 Å². The number of phenolic OH excluding ortho intramolecular Hbond substituents is 1. The topological polar surface area (TPSA) is 67.5 Å². The number of halogens is 1. The van der Waals surface area contributed by atoms with Gasteiger partial charge in [-0.1, -0.05) is 38.0 Å². The van der Waals surface area contributed by atoms with Crippen molar-refractivity contribution in [3.8, 4) is 17.2 Å². The predicted octanol–water partition coefficient (Wildman–Crippen LogP) is 4.02. The van der Waals surface area contributed by atoms with Crippen molar-refractivity contribution in [2.45, 2.75) is 39.2 Å². The highest BCUT2D eigenvalue weighted by Gasteiger charge is 2.13. The minimum Gasteiger partial charge on any atom is -0.504 e. The molecule has 0 aliphatic carbocycles. The molecule has 0 aliphatic rings. The summed E-state index contributed by atoms with van der Waals surface area (Å²) in [6.07, 6.45) is 4.29. The van der Waals surface area contributed by atoms with Crippen LogP contribution in [0.1, 0.15) is 37.3 Å². The smallest absolute Gasteiger partial charge is 0.169 e. The Morgan fingerprint density at radius 2 is 2.04 bits per heavy atom. The van der Waals surface area contributed by atoms with Gasteiger partial charge in [0.05, 0.1) is 0 Å². The Hall–Kier alpha value is -2.11. The number of hydrogen-bond acceptors (Lipinski definition) is 4. The van der Waals surface area contributed by atoms with Crippen molar-refractivity contribution in [1.82, 2.24) is 5.43 Å². The van der Waals surface area contributed by atoms with Crippen LogP contribution in [0.3, 0.4) is 0 Å². The van der Waals surface area contributed by atoms with E-state index in [-0.39, 0.29) is 23.8 Å². The van der Waals surface area contributed by atoms with Gasteiger partial charge in [-0.2, -0.15) is 0 Å². The maximum absolute atomic E-state index is 14.0. The van der Waals surface area contributed by atoms with Crippen molar-refractivity contribution in [3.05, 3.63) is 53.3 Å². The lowest BCUT2D eigenvalue weighted by molar-refractivity contribution is 0.391. The maximum atomic E-state index is 14.0. The zero-order valence-electron chi connectivity index (χ0n) is 13.3. The summed E-state index contributed by atoms with van der Waals surface area (Å²) in [4.78, 5) is 0. The van der Waals surface area contributed by atoms with Crippen LogP contribution in [0.2, 0.25) is 0 Å². The van der Waals surface area contributed by atoms with Crippen LogP contribution < -0.4 is 16.0 Å². The molecule has 2 rings (SSSR count). The number of para-hydroxylation sites is 1. The third-order valence-electron chi connectivity index (χ3n) is 3.65. The molecule has 0 saturated heterocycles. The number of nitrogens with two attached hydrogens (primary N) is 1. The van der Waals surface area contributed by atoms with Crippen LogP contribution in [-0.2, 0) is 13.0 Å². The lowest BCUT2D eigenvalue weighted by Gasteiger charge is -2.13. The molecule has 0 aliphatic heterocycles. The third-order valence-corrected chi connectivity index (χ3v) is 3.65. The normalized spacial score (nSPS) is 10.7. The number of aryl methyl sites for hydroxylation is 1. The van der Waals surface area contributed by atoms with E-state index in [2.05, 4.69) is 12.3 Å². The summed E-state index contributed by atoms with van der Waals surface area (Å²) < 4.78 is 19.6. The van der Waals surface area contributed by atoms with Gasteiger partial charge in [-0.15, -0.1) is 0 Å². The molecule has 0 unspecified atom stereocenters. The highest BCUT2D eigenvalue weighted by atomic mass is 19.1. The summed E-state index contributed by atoms with van der Waals surface area (Å²) in [5.41, 5.74) is 4.11. The Labute approximate surface area is 136 Å². The van der Waals surface area contributed by atoms with E-state index in [4.69, 9.17) is 10.6 Å². The fourth-order valence-corrected chi connectivity index (χ4v) is 2.41. The average Bonchev–Trinajstić information content (AvgIpc) is 2.53. The molecular weight excluding hydrogens is 295 g/mol. The molecule has 0 bridgehead atoms. The van der Waals surface area contributed by atoms with Crippen molar-refractivity contribution in [2.75, 3.05) is 0 Å². The number of unbranched alkanes of at least 4 members (excludes halogenated alkanes) is 2. The molecule has 0 heterocycles. The van der Waals surface area contributed by atoms with E-state index in [0.29, 0.717) is 5.56 Å². The van der Waals surface area contributed by atoms with Crippen LogP contribution in [0.5, 0.6) is 17.2 Å². The number of ether oxygens (including phenoxy) is 1. The molecule has 124 valence electrons. The maximum Gasteiger partial charge on any atom is 0.169 e.